The molecule has 0 aliphatic heterocycles. The minimum atomic E-state index is -3.16. The molecule has 0 saturated heterocycles. The highest BCUT2D eigenvalue weighted by molar-refractivity contribution is 5.88. The van der Waals surface area contributed by atoms with Gasteiger partial charge in [0.1, 0.15) is 5.56 Å². The first-order chi connectivity index (χ1) is 6.45. The molecule has 1 heterocycles. The van der Waals surface area contributed by atoms with E-state index >= 15 is 0 Å². The zero-order valence-electron chi connectivity index (χ0n) is 6.54. The number of halogens is 3. The van der Waals surface area contributed by atoms with E-state index in [4.69, 9.17) is 10.2 Å². The van der Waals surface area contributed by atoms with Crippen molar-refractivity contribution in [3.8, 4) is 5.75 Å². The summed E-state index contributed by atoms with van der Waals surface area (Å²) in [4.78, 5) is 13.2. The number of carboxylic acids is 1. The number of aromatic carboxylic acids is 1. The molecule has 7 heteroatoms. The van der Waals surface area contributed by atoms with Gasteiger partial charge in [0.15, 0.2) is 17.3 Å². The van der Waals surface area contributed by atoms with Crippen molar-refractivity contribution < 1.29 is 28.2 Å². The molecule has 0 aliphatic rings. The molecular formula is C7H4F3NO3. The quantitative estimate of drug-likeness (QED) is 0.771. The highest BCUT2D eigenvalue weighted by Gasteiger charge is 2.23. The fourth-order valence-electron chi connectivity index (χ4n) is 0.801. The van der Waals surface area contributed by atoms with Gasteiger partial charge in [0.05, 0.1) is 0 Å². The van der Waals surface area contributed by atoms with Crippen LogP contribution in [0.5, 0.6) is 5.75 Å². The van der Waals surface area contributed by atoms with Crippen molar-refractivity contribution in [3.05, 3.63) is 23.3 Å². The lowest BCUT2D eigenvalue weighted by atomic mass is 10.2. The molecule has 4 nitrogen and oxygen atoms in total. The predicted octanol–water partition coefficient (Wildman–Crippen LogP) is 1.56. The van der Waals surface area contributed by atoms with Crippen molar-refractivity contribution >= 4 is 5.97 Å². The maximum absolute atomic E-state index is 12.9. The lowest BCUT2D eigenvalue weighted by Gasteiger charge is -2.04. The van der Waals surface area contributed by atoms with Crippen LogP contribution in [0.3, 0.4) is 0 Å². The van der Waals surface area contributed by atoms with Crippen molar-refractivity contribution in [1.82, 2.24) is 4.98 Å². The van der Waals surface area contributed by atoms with Crippen LogP contribution in [-0.4, -0.2) is 21.2 Å². The minimum absolute atomic E-state index is 0.429. The zero-order valence-corrected chi connectivity index (χ0v) is 6.54. The summed E-state index contributed by atoms with van der Waals surface area (Å²) >= 11 is 0. The van der Waals surface area contributed by atoms with Crippen molar-refractivity contribution in [2.45, 2.75) is 6.43 Å². The average Bonchev–Trinajstić information content (AvgIpc) is 2.08. The van der Waals surface area contributed by atoms with Gasteiger partial charge < -0.3 is 10.2 Å². The van der Waals surface area contributed by atoms with E-state index in [1.54, 1.807) is 0 Å². The molecule has 0 aliphatic carbocycles. The van der Waals surface area contributed by atoms with Crippen LogP contribution in [0, 0.1) is 5.82 Å². The lowest BCUT2D eigenvalue weighted by Crippen LogP contribution is -2.04. The molecule has 76 valence electrons. The van der Waals surface area contributed by atoms with Gasteiger partial charge in [-0.1, -0.05) is 0 Å². The Morgan fingerprint density at radius 2 is 2.07 bits per heavy atom. The van der Waals surface area contributed by atoms with Crippen LogP contribution in [-0.2, 0) is 0 Å². The molecule has 0 spiro atoms. The summed E-state index contributed by atoms with van der Waals surface area (Å²) in [6, 6.07) is 0. The molecule has 1 aromatic rings. The van der Waals surface area contributed by atoms with Crippen LogP contribution in [0.2, 0.25) is 0 Å². The van der Waals surface area contributed by atoms with Crippen LogP contribution in [0.25, 0.3) is 0 Å². The Bertz CT molecular complexity index is 381. The summed E-state index contributed by atoms with van der Waals surface area (Å²) in [7, 11) is 0. The number of hydrogen-bond acceptors (Lipinski definition) is 3. The Morgan fingerprint density at radius 1 is 1.50 bits per heavy atom. The second-order valence-electron chi connectivity index (χ2n) is 2.33. The fraction of sp³-hybridized carbons (Fsp3) is 0.143. The Labute approximate surface area is 75.6 Å². The molecule has 0 bridgehead atoms. The molecular weight excluding hydrogens is 203 g/mol. The summed E-state index contributed by atoms with van der Waals surface area (Å²) in [6.45, 7) is 0. The van der Waals surface area contributed by atoms with Gasteiger partial charge in [-0.05, 0) is 0 Å². The van der Waals surface area contributed by atoms with Crippen LogP contribution < -0.4 is 0 Å². The number of aromatic nitrogens is 1. The Balaban J connectivity index is 3.33. The zero-order chi connectivity index (χ0) is 10.9. The molecule has 0 fully saturated rings. The number of aromatic hydroxyl groups is 1. The van der Waals surface area contributed by atoms with Gasteiger partial charge in [-0.3, -0.25) is 4.98 Å². The SMILES string of the molecule is O=C(O)c1cnc(C(F)F)c(O)c1F. The third-order valence-electron chi connectivity index (χ3n) is 1.46. The highest BCUT2D eigenvalue weighted by Crippen LogP contribution is 2.29. The normalized spacial score (nSPS) is 10.6. The molecule has 0 unspecified atom stereocenters. The third kappa shape index (κ3) is 1.61. The monoisotopic (exact) mass is 207 g/mol. The van der Waals surface area contributed by atoms with Gasteiger partial charge in [0, 0.05) is 6.20 Å². The Kier molecular flexibility index (Phi) is 2.59. The summed E-state index contributed by atoms with van der Waals surface area (Å²) in [6.07, 6.45) is -2.73. The molecule has 14 heavy (non-hydrogen) atoms. The summed E-state index contributed by atoms with van der Waals surface area (Å²) in [5.74, 6) is -4.73. The van der Waals surface area contributed by atoms with Crippen LogP contribution in [0.1, 0.15) is 22.5 Å². The fourth-order valence-corrected chi connectivity index (χ4v) is 0.801. The van der Waals surface area contributed by atoms with E-state index in [0.29, 0.717) is 6.20 Å². The Morgan fingerprint density at radius 3 is 2.50 bits per heavy atom. The van der Waals surface area contributed by atoms with E-state index in [-0.39, 0.29) is 0 Å². The van der Waals surface area contributed by atoms with Crippen molar-refractivity contribution in [3.63, 3.8) is 0 Å². The first-order valence-corrected chi connectivity index (χ1v) is 3.34. The van der Waals surface area contributed by atoms with E-state index in [0.717, 1.165) is 0 Å². The number of carboxylic acid groups (broad SMARTS) is 1. The number of pyridine rings is 1. The van der Waals surface area contributed by atoms with Gasteiger partial charge >= 0.3 is 5.97 Å². The van der Waals surface area contributed by atoms with Gasteiger partial charge in [-0.25, -0.2) is 18.0 Å². The van der Waals surface area contributed by atoms with E-state index in [1.807, 2.05) is 0 Å². The second kappa shape index (κ2) is 3.52. The molecule has 0 amide bonds. The minimum Gasteiger partial charge on any atom is -0.503 e. The largest absolute Gasteiger partial charge is 0.503 e. The number of carbonyl (C=O) groups is 1. The van der Waals surface area contributed by atoms with E-state index in [9.17, 15) is 18.0 Å². The highest BCUT2D eigenvalue weighted by atomic mass is 19.3. The van der Waals surface area contributed by atoms with Crippen molar-refractivity contribution in [1.29, 1.82) is 0 Å². The van der Waals surface area contributed by atoms with Crippen LogP contribution in [0.4, 0.5) is 13.2 Å². The van der Waals surface area contributed by atoms with Crippen LogP contribution in [0.15, 0.2) is 6.20 Å². The van der Waals surface area contributed by atoms with Crippen molar-refractivity contribution in [2.75, 3.05) is 0 Å². The number of rotatable bonds is 2. The van der Waals surface area contributed by atoms with Crippen molar-refractivity contribution in [2.24, 2.45) is 0 Å². The standard InChI is InChI=1S/C7H4F3NO3/c8-3-2(7(13)14)1-11-4(5(3)12)6(9)10/h1,6,12H,(H,13,14). The summed E-state index contributed by atoms with van der Waals surface area (Å²) in [5.41, 5.74) is -2.13. The molecule has 2 N–H and O–H groups in total. The van der Waals surface area contributed by atoms with Gasteiger partial charge in [-0.15, -0.1) is 0 Å². The first-order valence-electron chi connectivity index (χ1n) is 3.34. The van der Waals surface area contributed by atoms with Crippen LogP contribution >= 0.6 is 0 Å². The van der Waals surface area contributed by atoms with Gasteiger partial charge in [0.25, 0.3) is 6.43 Å². The molecule has 0 saturated carbocycles. The molecule has 0 radical (unpaired) electrons. The van der Waals surface area contributed by atoms with Gasteiger partial charge in [-0.2, -0.15) is 0 Å². The molecule has 1 rings (SSSR count). The van der Waals surface area contributed by atoms with E-state index in [2.05, 4.69) is 4.98 Å². The maximum Gasteiger partial charge on any atom is 0.340 e. The van der Waals surface area contributed by atoms with E-state index < -0.39 is 35.2 Å². The number of alkyl halides is 2. The molecule has 0 atom stereocenters. The third-order valence-corrected chi connectivity index (χ3v) is 1.46. The molecule has 1 aromatic heterocycles. The topological polar surface area (TPSA) is 70.4 Å². The number of hydrogen-bond donors (Lipinski definition) is 2. The number of nitrogens with zero attached hydrogens (tertiary/aromatic N) is 1. The molecule has 0 aromatic carbocycles. The Hall–Kier alpha value is -1.79. The van der Waals surface area contributed by atoms with Gasteiger partial charge in [0.2, 0.25) is 0 Å². The second-order valence-corrected chi connectivity index (χ2v) is 2.33. The maximum atomic E-state index is 12.9. The average molecular weight is 207 g/mol. The van der Waals surface area contributed by atoms with E-state index in [1.165, 1.54) is 0 Å². The predicted molar refractivity (Wildman–Crippen MR) is 37.8 cm³/mol. The summed E-state index contributed by atoms with van der Waals surface area (Å²) < 4.78 is 36.9. The smallest absolute Gasteiger partial charge is 0.340 e. The first kappa shape index (κ1) is 10.3. The lowest BCUT2D eigenvalue weighted by molar-refractivity contribution is 0.0688. The summed E-state index contributed by atoms with van der Waals surface area (Å²) in [5, 5.41) is 17.2.